The van der Waals surface area contributed by atoms with E-state index < -0.39 is 0 Å². The highest BCUT2D eigenvalue weighted by Gasteiger charge is 2.16. The lowest BCUT2D eigenvalue weighted by Crippen LogP contribution is -2.18. The summed E-state index contributed by atoms with van der Waals surface area (Å²) in [6, 6.07) is 9.97. The smallest absolute Gasteiger partial charge is 0.314 e. The quantitative estimate of drug-likeness (QED) is 0.185. The predicted octanol–water partition coefficient (Wildman–Crippen LogP) is 3.04. The van der Waals surface area contributed by atoms with E-state index in [-0.39, 0.29) is 36.6 Å². The lowest BCUT2D eigenvalue weighted by molar-refractivity contribution is -0.138. The van der Waals surface area contributed by atoms with E-state index in [4.69, 9.17) is 21.9 Å². The van der Waals surface area contributed by atoms with Gasteiger partial charge in [-0.3, -0.25) is 9.59 Å². The molecule has 0 aliphatic rings. The summed E-state index contributed by atoms with van der Waals surface area (Å²) in [6.07, 6.45) is 2.62. The van der Waals surface area contributed by atoms with E-state index in [1.54, 1.807) is 36.4 Å². The van der Waals surface area contributed by atoms with Crippen LogP contribution in [0.3, 0.4) is 0 Å². The minimum absolute atomic E-state index is 0.0947. The molecule has 0 saturated carbocycles. The second kappa shape index (κ2) is 12.4. The van der Waals surface area contributed by atoms with Crippen LogP contribution in [-0.4, -0.2) is 29.9 Å². The number of hydrogen-bond acceptors (Lipinski definition) is 9. The van der Waals surface area contributed by atoms with Crippen molar-refractivity contribution in [2.45, 2.75) is 32.6 Å². The van der Waals surface area contributed by atoms with Crippen LogP contribution >= 0.6 is 0 Å². The average Bonchev–Trinajstić information content (AvgIpc) is 2.74. The fourth-order valence-electron chi connectivity index (χ4n) is 2.61. The number of hydrogen-bond donors (Lipinski definition) is 4. The molecule has 166 valence electrons. The molecule has 0 spiro atoms. The van der Waals surface area contributed by atoms with Crippen LogP contribution in [0.4, 0.5) is 23.0 Å². The summed E-state index contributed by atoms with van der Waals surface area (Å²) in [5.41, 5.74) is 17.5. The molecular formula is C21H29N7O3. The van der Waals surface area contributed by atoms with Gasteiger partial charge in [-0.15, -0.1) is 10.2 Å². The summed E-state index contributed by atoms with van der Waals surface area (Å²) in [4.78, 5) is 28.1. The second-order valence-corrected chi connectivity index (χ2v) is 6.96. The summed E-state index contributed by atoms with van der Waals surface area (Å²) in [5.74, 6) is -0.141. The molecule has 0 saturated heterocycles. The number of nitrogens with zero attached hydrogens (tertiary/aromatic N) is 3. The van der Waals surface area contributed by atoms with Crippen LogP contribution in [0.25, 0.3) is 0 Å². The minimum atomic E-state index is -0.335. The molecule has 0 unspecified atom stereocenters. The zero-order valence-corrected chi connectivity index (χ0v) is 17.6. The third-order valence-electron chi connectivity index (χ3n) is 4.38. The highest BCUT2D eigenvalue weighted by Crippen LogP contribution is 2.31. The van der Waals surface area contributed by atoms with Gasteiger partial charge in [-0.25, -0.2) is 4.98 Å². The minimum Gasteiger partial charge on any atom is -0.424 e. The summed E-state index contributed by atoms with van der Waals surface area (Å²) < 4.78 is 5.51. The molecule has 1 aromatic heterocycles. The van der Waals surface area contributed by atoms with Gasteiger partial charge < -0.3 is 27.3 Å². The van der Waals surface area contributed by atoms with Crippen molar-refractivity contribution in [3.63, 3.8) is 0 Å². The number of benzene rings is 1. The van der Waals surface area contributed by atoms with Gasteiger partial charge in [-0.1, -0.05) is 25.5 Å². The Morgan fingerprint density at radius 1 is 1.06 bits per heavy atom. The Morgan fingerprint density at radius 3 is 2.52 bits per heavy atom. The maximum atomic E-state index is 12.4. The molecule has 1 atom stereocenters. The number of para-hydroxylation sites is 1. The molecule has 0 bridgehead atoms. The van der Waals surface area contributed by atoms with Crippen LogP contribution in [0.1, 0.15) is 32.6 Å². The van der Waals surface area contributed by atoms with E-state index in [1.165, 1.54) is 0 Å². The number of unbranched alkanes of at least 4 members (excludes halogenated alkanes) is 1. The molecule has 1 aromatic carbocycles. The largest absolute Gasteiger partial charge is 0.424 e. The number of ether oxygens (including phenoxy) is 1. The Morgan fingerprint density at radius 2 is 1.81 bits per heavy atom. The molecule has 2 aromatic rings. The maximum absolute atomic E-state index is 12.4. The van der Waals surface area contributed by atoms with Crippen molar-refractivity contribution >= 4 is 34.9 Å². The van der Waals surface area contributed by atoms with E-state index in [0.29, 0.717) is 35.9 Å². The lowest BCUT2D eigenvalue weighted by atomic mass is 10.0. The van der Waals surface area contributed by atoms with E-state index >= 15 is 0 Å². The number of anilines is 2. The number of esters is 1. The van der Waals surface area contributed by atoms with Crippen molar-refractivity contribution in [3.05, 3.63) is 36.4 Å². The summed E-state index contributed by atoms with van der Waals surface area (Å²) in [6.45, 7) is 2.66. The Balaban J connectivity index is 2.08. The number of azo groups is 1. The fraction of sp³-hybridized carbons (Fsp3) is 0.381. The van der Waals surface area contributed by atoms with Gasteiger partial charge in [0, 0.05) is 13.0 Å². The first-order valence-electron chi connectivity index (χ1n) is 10.1. The van der Waals surface area contributed by atoms with Gasteiger partial charge >= 0.3 is 5.97 Å². The fourth-order valence-corrected chi connectivity index (χ4v) is 2.61. The van der Waals surface area contributed by atoms with Crippen molar-refractivity contribution in [3.8, 4) is 5.75 Å². The Kier molecular flexibility index (Phi) is 9.53. The van der Waals surface area contributed by atoms with E-state index in [1.807, 2.05) is 6.92 Å². The van der Waals surface area contributed by atoms with Crippen LogP contribution in [-0.2, 0) is 9.59 Å². The SMILES string of the molecule is C[C@@H](CCCCN)C(=O)Oc1ccccc1N=Nc1ccc(NC(=O)CCN)nc1N. The summed E-state index contributed by atoms with van der Waals surface area (Å²) in [5, 5.41) is 10.9. The predicted molar refractivity (Wildman–Crippen MR) is 119 cm³/mol. The molecule has 10 heteroatoms. The highest BCUT2D eigenvalue weighted by molar-refractivity contribution is 5.90. The Bertz CT molecular complexity index is 918. The molecule has 0 aliphatic heterocycles. The van der Waals surface area contributed by atoms with Gasteiger partial charge in [0.15, 0.2) is 11.6 Å². The van der Waals surface area contributed by atoms with Crippen molar-refractivity contribution < 1.29 is 14.3 Å². The van der Waals surface area contributed by atoms with Gasteiger partial charge in [0.25, 0.3) is 0 Å². The van der Waals surface area contributed by atoms with Crippen LogP contribution in [0.15, 0.2) is 46.6 Å². The van der Waals surface area contributed by atoms with Gasteiger partial charge in [0.05, 0.1) is 5.92 Å². The molecule has 0 fully saturated rings. The third-order valence-corrected chi connectivity index (χ3v) is 4.38. The first-order valence-corrected chi connectivity index (χ1v) is 10.1. The number of amides is 1. The van der Waals surface area contributed by atoms with Crippen molar-refractivity contribution in [1.82, 2.24) is 4.98 Å². The first kappa shape index (κ1) is 23.9. The van der Waals surface area contributed by atoms with Gasteiger partial charge in [0.2, 0.25) is 5.91 Å². The number of rotatable bonds is 11. The van der Waals surface area contributed by atoms with Crippen molar-refractivity contribution in [2.75, 3.05) is 24.1 Å². The van der Waals surface area contributed by atoms with Crippen molar-refractivity contribution in [1.29, 1.82) is 0 Å². The molecule has 0 radical (unpaired) electrons. The van der Waals surface area contributed by atoms with E-state index in [2.05, 4.69) is 20.5 Å². The number of nitrogen functional groups attached to an aromatic ring is 1. The lowest BCUT2D eigenvalue weighted by Gasteiger charge is -2.12. The Hall–Kier alpha value is -3.37. The zero-order valence-electron chi connectivity index (χ0n) is 17.6. The molecular weight excluding hydrogens is 398 g/mol. The number of nitrogens with one attached hydrogen (secondary N) is 1. The van der Waals surface area contributed by atoms with Gasteiger partial charge in [-0.05, 0) is 43.7 Å². The van der Waals surface area contributed by atoms with Gasteiger partial charge in [0.1, 0.15) is 17.2 Å². The Labute approximate surface area is 181 Å². The highest BCUT2D eigenvalue weighted by atomic mass is 16.5. The molecule has 1 heterocycles. The van der Waals surface area contributed by atoms with Crippen molar-refractivity contribution in [2.24, 2.45) is 27.6 Å². The van der Waals surface area contributed by atoms with Crippen LogP contribution < -0.4 is 27.3 Å². The number of carbonyl (C=O) groups is 2. The number of carbonyl (C=O) groups excluding carboxylic acids is 2. The third kappa shape index (κ3) is 7.76. The van der Waals surface area contributed by atoms with Crippen LogP contribution in [0.2, 0.25) is 0 Å². The number of nitrogens with two attached hydrogens (primary N) is 3. The molecule has 31 heavy (non-hydrogen) atoms. The second-order valence-electron chi connectivity index (χ2n) is 6.96. The van der Waals surface area contributed by atoms with E-state index in [0.717, 1.165) is 12.8 Å². The summed E-state index contributed by atoms with van der Waals surface area (Å²) >= 11 is 0. The molecule has 10 nitrogen and oxygen atoms in total. The standard InChI is InChI=1S/C21H29N7O3/c1-14(6-4-5-12-22)21(30)31-17-8-3-2-7-15(17)27-28-16-9-10-18(26-20(16)24)25-19(29)11-13-23/h2-3,7-10,14H,4-6,11-13,22-23H2,1H3,(H3,24,25,26,29)/t14-/m0/s1. The monoisotopic (exact) mass is 427 g/mol. The number of pyridine rings is 1. The van der Waals surface area contributed by atoms with Crippen LogP contribution in [0.5, 0.6) is 5.75 Å². The van der Waals surface area contributed by atoms with Crippen LogP contribution in [0, 0.1) is 5.92 Å². The normalized spacial score (nSPS) is 12.0. The first-order chi connectivity index (χ1) is 14.9. The molecule has 0 aliphatic carbocycles. The molecule has 2 rings (SSSR count). The average molecular weight is 428 g/mol. The van der Waals surface area contributed by atoms with Gasteiger partial charge in [-0.2, -0.15) is 0 Å². The number of aromatic nitrogens is 1. The zero-order chi connectivity index (χ0) is 22.6. The molecule has 7 N–H and O–H groups in total. The topological polar surface area (TPSA) is 171 Å². The van der Waals surface area contributed by atoms with E-state index in [9.17, 15) is 9.59 Å². The summed E-state index contributed by atoms with van der Waals surface area (Å²) in [7, 11) is 0. The maximum Gasteiger partial charge on any atom is 0.314 e. The molecule has 1 amide bonds.